The van der Waals surface area contributed by atoms with Crippen LogP contribution in [0.3, 0.4) is 0 Å². The minimum atomic E-state index is -4.64. The van der Waals surface area contributed by atoms with Crippen molar-refractivity contribution in [2.75, 3.05) is 19.0 Å². The molecule has 3 nitrogen and oxygen atoms in total. The van der Waals surface area contributed by atoms with E-state index in [2.05, 4.69) is 0 Å². The number of esters is 1. The van der Waals surface area contributed by atoms with Crippen molar-refractivity contribution >= 4 is 17.2 Å². The van der Waals surface area contributed by atoms with E-state index in [-0.39, 0.29) is 5.56 Å². The number of carbonyl (C=O) groups excluding carboxylic acids is 1. The molecule has 0 amide bonds. The molecule has 0 atom stereocenters. The van der Waals surface area contributed by atoms with Crippen LogP contribution in [0.4, 0.5) is 18.9 Å². The average molecular weight is 315 g/mol. The van der Waals surface area contributed by atoms with E-state index in [9.17, 15) is 18.0 Å². The van der Waals surface area contributed by atoms with Crippen LogP contribution in [-0.4, -0.2) is 31.8 Å². The highest BCUT2D eigenvalue weighted by molar-refractivity contribution is 5.93. The number of ether oxygens (including phenoxy) is 1. The second-order valence-corrected chi connectivity index (χ2v) is 6.03. The third-order valence-corrected chi connectivity index (χ3v) is 2.67. The molecule has 6 heteroatoms. The summed E-state index contributed by atoms with van der Waals surface area (Å²) in [6.07, 6.45) is -4.15. The monoisotopic (exact) mass is 315 g/mol. The van der Waals surface area contributed by atoms with Crippen LogP contribution in [0.5, 0.6) is 0 Å². The molecule has 0 aliphatic rings. The molecule has 0 saturated heterocycles. The molecular weight excluding hydrogens is 295 g/mol. The zero-order valence-corrected chi connectivity index (χ0v) is 13.3. The third-order valence-electron chi connectivity index (χ3n) is 2.67. The zero-order valence-electron chi connectivity index (χ0n) is 13.3. The van der Waals surface area contributed by atoms with Gasteiger partial charge in [0.2, 0.25) is 0 Å². The second-order valence-electron chi connectivity index (χ2n) is 6.03. The van der Waals surface area contributed by atoms with Gasteiger partial charge in [0.15, 0.2) is 0 Å². The van der Waals surface area contributed by atoms with Crippen LogP contribution in [0.1, 0.15) is 26.3 Å². The normalized spacial score (nSPS) is 13.0. The summed E-state index contributed by atoms with van der Waals surface area (Å²) in [5.41, 5.74) is -1.18. The van der Waals surface area contributed by atoms with Gasteiger partial charge < -0.3 is 9.64 Å². The van der Waals surface area contributed by atoms with Gasteiger partial charge in [-0.15, -0.1) is 0 Å². The Morgan fingerprint density at radius 1 is 1.09 bits per heavy atom. The standard InChI is InChI=1S/C16H20F3NO2/c1-15(2,3)22-14(21)10-13(16(17,18)19)11-6-8-12(9-7-11)20(4)5/h6-10H,1-5H3/b13-10-. The summed E-state index contributed by atoms with van der Waals surface area (Å²) in [5.74, 6) is -1.02. The molecule has 1 rings (SSSR count). The Hall–Kier alpha value is -1.98. The maximum absolute atomic E-state index is 13.2. The average Bonchev–Trinajstić information content (AvgIpc) is 2.32. The fourth-order valence-corrected chi connectivity index (χ4v) is 1.72. The van der Waals surface area contributed by atoms with Crippen molar-refractivity contribution < 1.29 is 22.7 Å². The van der Waals surface area contributed by atoms with E-state index in [1.165, 1.54) is 12.1 Å². The molecule has 122 valence electrons. The van der Waals surface area contributed by atoms with Crippen LogP contribution in [-0.2, 0) is 9.53 Å². The van der Waals surface area contributed by atoms with E-state index >= 15 is 0 Å². The van der Waals surface area contributed by atoms with Crippen molar-refractivity contribution in [1.82, 2.24) is 0 Å². The van der Waals surface area contributed by atoms with E-state index in [0.717, 1.165) is 5.69 Å². The van der Waals surface area contributed by atoms with Crippen molar-refractivity contribution in [3.63, 3.8) is 0 Å². The van der Waals surface area contributed by atoms with Gasteiger partial charge in [-0.25, -0.2) is 4.79 Å². The summed E-state index contributed by atoms with van der Waals surface area (Å²) < 4.78 is 44.4. The van der Waals surface area contributed by atoms with Crippen molar-refractivity contribution in [1.29, 1.82) is 0 Å². The highest BCUT2D eigenvalue weighted by atomic mass is 19.4. The molecule has 0 aromatic heterocycles. The van der Waals surface area contributed by atoms with Crippen LogP contribution in [0.2, 0.25) is 0 Å². The summed E-state index contributed by atoms with van der Waals surface area (Å²) in [5, 5.41) is 0. The van der Waals surface area contributed by atoms with Gasteiger partial charge in [0.25, 0.3) is 0 Å². The number of anilines is 1. The van der Waals surface area contributed by atoms with Crippen molar-refractivity contribution in [3.05, 3.63) is 35.9 Å². The van der Waals surface area contributed by atoms with Gasteiger partial charge in [-0.05, 0) is 38.5 Å². The van der Waals surface area contributed by atoms with Gasteiger partial charge in [0.05, 0.1) is 5.57 Å². The molecule has 0 unspecified atom stereocenters. The SMILES string of the molecule is CN(C)c1ccc(/C(=C/C(=O)OC(C)(C)C)C(F)(F)F)cc1. The first-order chi connectivity index (χ1) is 9.90. The maximum atomic E-state index is 13.2. The second kappa shape index (κ2) is 6.42. The molecule has 0 radical (unpaired) electrons. The Morgan fingerprint density at radius 3 is 1.95 bits per heavy atom. The Balaban J connectivity index is 3.16. The van der Waals surface area contributed by atoms with Gasteiger partial charge in [0.1, 0.15) is 5.60 Å². The van der Waals surface area contributed by atoms with E-state index in [0.29, 0.717) is 6.08 Å². The molecule has 1 aromatic carbocycles. The van der Waals surface area contributed by atoms with Gasteiger partial charge >= 0.3 is 12.1 Å². The van der Waals surface area contributed by atoms with E-state index < -0.39 is 23.3 Å². The lowest BCUT2D eigenvalue weighted by Gasteiger charge is -2.19. The molecule has 0 fully saturated rings. The summed E-state index contributed by atoms with van der Waals surface area (Å²) >= 11 is 0. The van der Waals surface area contributed by atoms with Crippen LogP contribution in [0.15, 0.2) is 30.3 Å². The number of benzene rings is 1. The number of carbonyl (C=O) groups is 1. The van der Waals surface area contributed by atoms with Crippen LogP contribution >= 0.6 is 0 Å². The van der Waals surface area contributed by atoms with Crippen LogP contribution < -0.4 is 4.90 Å². The lowest BCUT2D eigenvalue weighted by atomic mass is 10.0. The number of hydrogen-bond acceptors (Lipinski definition) is 3. The number of hydrogen-bond donors (Lipinski definition) is 0. The largest absolute Gasteiger partial charge is 0.457 e. The van der Waals surface area contributed by atoms with Gasteiger partial charge in [0, 0.05) is 25.9 Å². The zero-order chi connectivity index (χ0) is 17.1. The molecule has 0 saturated carbocycles. The summed E-state index contributed by atoms with van der Waals surface area (Å²) in [7, 11) is 3.58. The molecule has 0 N–H and O–H groups in total. The van der Waals surface area contributed by atoms with Crippen LogP contribution in [0.25, 0.3) is 5.57 Å². The van der Waals surface area contributed by atoms with Crippen molar-refractivity contribution in [3.8, 4) is 0 Å². The van der Waals surface area contributed by atoms with Gasteiger partial charge in [-0.3, -0.25) is 0 Å². The lowest BCUT2D eigenvalue weighted by molar-refractivity contribution is -0.148. The predicted molar refractivity (Wildman–Crippen MR) is 80.6 cm³/mol. The molecule has 22 heavy (non-hydrogen) atoms. The highest BCUT2D eigenvalue weighted by Gasteiger charge is 2.36. The van der Waals surface area contributed by atoms with Gasteiger partial charge in [-0.1, -0.05) is 12.1 Å². The Bertz CT molecular complexity index is 552. The topological polar surface area (TPSA) is 29.5 Å². The van der Waals surface area contributed by atoms with E-state index in [1.807, 2.05) is 0 Å². The molecule has 0 bridgehead atoms. The van der Waals surface area contributed by atoms with Crippen molar-refractivity contribution in [2.24, 2.45) is 0 Å². The summed E-state index contributed by atoms with van der Waals surface area (Å²) in [6.45, 7) is 4.79. The van der Waals surface area contributed by atoms with Crippen LogP contribution in [0, 0.1) is 0 Å². The smallest absolute Gasteiger partial charge is 0.417 e. The minimum absolute atomic E-state index is 0.0797. The van der Waals surface area contributed by atoms with E-state index in [1.54, 1.807) is 51.9 Å². The molecule has 0 heterocycles. The fourth-order valence-electron chi connectivity index (χ4n) is 1.72. The number of halogens is 3. The highest BCUT2D eigenvalue weighted by Crippen LogP contribution is 2.34. The Kier molecular flexibility index (Phi) is 5.27. The minimum Gasteiger partial charge on any atom is -0.457 e. The summed E-state index contributed by atoms with van der Waals surface area (Å²) in [6, 6.07) is 5.78. The number of alkyl halides is 3. The molecule has 0 aliphatic heterocycles. The molecule has 1 aromatic rings. The van der Waals surface area contributed by atoms with Gasteiger partial charge in [-0.2, -0.15) is 13.2 Å². The Labute approximate surface area is 128 Å². The summed E-state index contributed by atoms with van der Waals surface area (Å²) in [4.78, 5) is 13.4. The first kappa shape index (κ1) is 18.1. The predicted octanol–water partition coefficient (Wildman–Crippen LogP) is 4.04. The number of rotatable bonds is 3. The van der Waals surface area contributed by atoms with E-state index in [4.69, 9.17) is 4.74 Å². The number of nitrogens with zero attached hydrogens (tertiary/aromatic N) is 1. The number of allylic oxidation sites excluding steroid dienone is 1. The molecular formula is C16H20F3NO2. The first-order valence-electron chi connectivity index (χ1n) is 6.70. The maximum Gasteiger partial charge on any atom is 0.417 e. The third kappa shape index (κ3) is 5.42. The fraction of sp³-hybridized carbons (Fsp3) is 0.438. The van der Waals surface area contributed by atoms with Crippen molar-refractivity contribution in [2.45, 2.75) is 32.5 Å². The molecule has 0 aliphatic carbocycles. The first-order valence-corrected chi connectivity index (χ1v) is 6.70. The molecule has 0 spiro atoms. The Morgan fingerprint density at radius 2 is 1.59 bits per heavy atom. The lowest BCUT2D eigenvalue weighted by Crippen LogP contribution is -2.23. The quantitative estimate of drug-likeness (QED) is 0.623.